The molecular weight excluding hydrogens is 476 g/mol. The Balaban J connectivity index is 1.47. The second kappa shape index (κ2) is 10.5. The fourth-order valence-electron chi connectivity index (χ4n) is 4.42. The molecule has 2 aromatic heterocycles. The summed E-state index contributed by atoms with van der Waals surface area (Å²) in [6.45, 7) is 4.59. The van der Waals surface area contributed by atoms with Crippen LogP contribution in [0, 0.1) is 11.3 Å². The van der Waals surface area contributed by atoms with Gasteiger partial charge in [-0.2, -0.15) is 5.26 Å². The fourth-order valence-corrected chi connectivity index (χ4v) is 4.42. The first-order valence-electron chi connectivity index (χ1n) is 11.9. The van der Waals surface area contributed by atoms with E-state index in [-0.39, 0.29) is 29.8 Å². The summed E-state index contributed by atoms with van der Waals surface area (Å²) in [5.41, 5.74) is 0.827. The molecule has 0 bridgehead atoms. The first kappa shape index (κ1) is 26.0. The zero-order chi connectivity index (χ0) is 26.7. The van der Waals surface area contributed by atoms with Crippen molar-refractivity contribution in [1.82, 2.24) is 19.8 Å². The average Bonchev–Trinajstić information content (AvgIpc) is 3.24. The number of aliphatic hydroxyl groups is 1. The molecule has 1 unspecified atom stereocenters. The minimum atomic E-state index is -0.856. The summed E-state index contributed by atoms with van der Waals surface area (Å²) in [6, 6.07) is 6.48. The van der Waals surface area contributed by atoms with E-state index in [1.807, 2.05) is 16.8 Å². The monoisotopic (exact) mass is 506 g/mol. The number of likely N-dealkylation sites (N-methyl/N-ethyl adjacent to an activating group) is 1. The number of nitrogens with zero attached hydrogens (tertiary/aromatic N) is 7. The standard InChI is InChI=1S/C25H30N8O4/c1-25(37)6-7-33(16-25)20-10-21(27-12-18(20)11-26)29-24(36)31(3)22-5-4-17(19(15-34)28-22)13-32-9-8-30(2)14-23(32)35/h4-5,10,12,15,37H,6-9,13-14,16H2,1-3H3,(H,27,29,36). The van der Waals surface area contributed by atoms with Gasteiger partial charge in [0.15, 0.2) is 6.29 Å². The number of aromatic nitrogens is 2. The van der Waals surface area contributed by atoms with Crippen molar-refractivity contribution in [2.75, 3.05) is 61.9 Å². The number of carbonyl (C=O) groups excluding carboxylic acids is 3. The molecule has 4 heterocycles. The summed E-state index contributed by atoms with van der Waals surface area (Å²) in [7, 11) is 3.40. The molecule has 0 aliphatic carbocycles. The van der Waals surface area contributed by atoms with E-state index in [9.17, 15) is 24.8 Å². The molecule has 4 rings (SSSR count). The number of nitriles is 1. The number of aldehydes is 1. The highest BCUT2D eigenvalue weighted by molar-refractivity contribution is 6.00. The van der Waals surface area contributed by atoms with Crippen molar-refractivity contribution in [3.63, 3.8) is 0 Å². The highest BCUT2D eigenvalue weighted by Crippen LogP contribution is 2.30. The molecule has 3 amide bonds. The van der Waals surface area contributed by atoms with Crippen LogP contribution in [0.25, 0.3) is 0 Å². The van der Waals surface area contributed by atoms with Crippen LogP contribution in [0.1, 0.15) is 35.0 Å². The van der Waals surface area contributed by atoms with E-state index >= 15 is 0 Å². The number of hydrogen-bond acceptors (Lipinski definition) is 9. The Morgan fingerprint density at radius 1 is 1.35 bits per heavy atom. The van der Waals surface area contributed by atoms with Crippen molar-refractivity contribution in [3.05, 3.63) is 41.2 Å². The number of amides is 3. The van der Waals surface area contributed by atoms with Gasteiger partial charge in [0.25, 0.3) is 0 Å². The topological polar surface area (TPSA) is 146 Å². The van der Waals surface area contributed by atoms with Gasteiger partial charge in [0, 0.05) is 57.6 Å². The molecule has 0 aromatic carbocycles. The molecule has 0 saturated carbocycles. The SMILES string of the molecule is CN1CCN(Cc2ccc(N(C)C(=O)Nc3cc(N4CCC(C)(O)C4)c(C#N)cn3)nc2C=O)C(=O)C1. The van der Waals surface area contributed by atoms with E-state index in [1.54, 1.807) is 30.0 Å². The number of nitrogens with one attached hydrogen (secondary N) is 1. The summed E-state index contributed by atoms with van der Waals surface area (Å²) >= 11 is 0. The largest absolute Gasteiger partial charge is 0.388 e. The van der Waals surface area contributed by atoms with Crippen LogP contribution in [-0.4, -0.2) is 95.5 Å². The van der Waals surface area contributed by atoms with Crippen LogP contribution in [0.15, 0.2) is 24.4 Å². The van der Waals surface area contributed by atoms with Gasteiger partial charge >= 0.3 is 6.03 Å². The maximum atomic E-state index is 12.9. The molecule has 0 spiro atoms. The lowest BCUT2D eigenvalue weighted by Crippen LogP contribution is -2.48. The summed E-state index contributed by atoms with van der Waals surface area (Å²) in [5, 5.41) is 22.5. The first-order chi connectivity index (χ1) is 17.6. The Morgan fingerprint density at radius 2 is 2.14 bits per heavy atom. The molecule has 194 valence electrons. The fraction of sp³-hybridized carbons (Fsp3) is 0.440. The maximum Gasteiger partial charge on any atom is 0.328 e. The van der Waals surface area contributed by atoms with Gasteiger partial charge in [-0.25, -0.2) is 14.8 Å². The van der Waals surface area contributed by atoms with Gasteiger partial charge in [-0.15, -0.1) is 0 Å². The van der Waals surface area contributed by atoms with E-state index in [1.165, 1.54) is 18.1 Å². The third-order valence-electron chi connectivity index (χ3n) is 6.66. The maximum absolute atomic E-state index is 12.9. The Hall–Kier alpha value is -4.08. The van der Waals surface area contributed by atoms with E-state index in [0.717, 1.165) is 6.54 Å². The van der Waals surface area contributed by atoms with Gasteiger partial charge in [0.1, 0.15) is 23.4 Å². The van der Waals surface area contributed by atoms with E-state index in [2.05, 4.69) is 21.4 Å². The van der Waals surface area contributed by atoms with Crippen molar-refractivity contribution in [2.24, 2.45) is 0 Å². The van der Waals surface area contributed by atoms with Crippen LogP contribution < -0.4 is 15.1 Å². The van der Waals surface area contributed by atoms with Crippen molar-refractivity contribution in [2.45, 2.75) is 25.5 Å². The van der Waals surface area contributed by atoms with Gasteiger partial charge in [-0.3, -0.25) is 24.7 Å². The van der Waals surface area contributed by atoms with Gasteiger partial charge < -0.3 is 14.9 Å². The first-order valence-corrected chi connectivity index (χ1v) is 11.9. The molecule has 37 heavy (non-hydrogen) atoms. The number of anilines is 3. The summed E-state index contributed by atoms with van der Waals surface area (Å²) in [4.78, 5) is 52.3. The van der Waals surface area contributed by atoms with Crippen LogP contribution >= 0.6 is 0 Å². The van der Waals surface area contributed by atoms with Gasteiger partial charge in [0.05, 0.1) is 23.4 Å². The van der Waals surface area contributed by atoms with E-state index in [4.69, 9.17) is 0 Å². The van der Waals surface area contributed by atoms with Crippen molar-refractivity contribution in [1.29, 1.82) is 5.26 Å². The van der Waals surface area contributed by atoms with Crippen molar-refractivity contribution in [3.8, 4) is 6.07 Å². The van der Waals surface area contributed by atoms with Gasteiger partial charge in [-0.1, -0.05) is 6.07 Å². The zero-order valence-corrected chi connectivity index (χ0v) is 21.1. The molecule has 0 radical (unpaired) electrons. The number of piperazine rings is 1. The number of β-amino-alcohol motifs (C(OH)–C–C–N with tert-alkyl or cyclic N) is 1. The quantitative estimate of drug-likeness (QED) is 0.549. The Morgan fingerprint density at radius 3 is 2.78 bits per heavy atom. The normalized spacial score (nSPS) is 20.0. The molecule has 2 aromatic rings. The minimum Gasteiger partial charge on any atom is -0.388 e. The number of pyridine rings is 2. The number of rotatable bonds is 6. The lowest BCUT2D eigenvalue weighted by Gasteiger charge is -2.32. The lowest BCUT2D eigenvalue weighted by molar-refractivity contribution is -0.136. The Kier molecular flexibility index (Phi) is 7.37. The summed E-state index contributed by atoms with van der Waals surface area (Å²) < 4.78 is 0. The third-order valence-corrected chi connectivity index (χ3v) is 6.66. The van der Waals surface area contributed by atoms with Crippen molar-refractivity contribution < 1.29 is 19.5 Å². The molecule has 12 nitrogen and oxygen atoms in total. The predicted molar refractivity (Wildman–Crippen MR) is 136 cm³/mol. The van der Waals surface area contributed by atoms with Gasteiger partial charge in [-0.05, 0) is 26.5 Å². The van der Waals surface area contributed by atoms with Crippen LogP contribution in [0.5, 0.6) is 0 Å². The zero-order valence-electron chi connectivity index (χ0n) is 21.1. The molecule has 1 atom stereocenters. The second-order valence-electron chi connectivity index (χ2n) is 9.74. The second-order valence-corrected chi connectivity index (χ2v) is 9.74. The minimum absolute atomic E-state index is 0.0157. The van der Waals surface area contributed by atoms with Crippen LogP contribution in [0.3, 0.4) is 0 Å². The predicted octanol–water partition coefficient (Wildman–Crippen LogP) is 1.06. The summed E-state index contributed by atoms with van der Waals surface area (Å²) in [6.07, 6.45) is 2.56. The molecule has 2 aliphatic rings. The van der Waals surface area contributed by atoms with Crippen LogP contribution in [-0.2, 0) is 11.3 Å². The average molecular weight is 507 g/mol. The van der Waals surface area contributed by atoms with E-state index < -0.39 is 11.6 Å². The lowest BCUT2D eigenvalue weighted by atomic mass is 10.1. The highest BCUT2D eigenvalue weighted by atomic mass is 16.3. The summed E-state index contributed by atoms with van der Waals surface area (Å²) in [5.74, 6) is 0.466. The smallest absolute Gasteiger partial charge is 0.328 e. The molecule has 2 N–H and O–H groups in total. The van der Waals surface area contributed by atoms with Crippen LogP contribution in [0.2, 0.25) is 0 Å². The molecule has 2 saturated heterocycles. The number of carbonyl (C=O) groups is 3. The molecule has 2 fully saturated rings. The molecule has 12 heteroatoms. The third kappa shape index (κ3) is 5.84. The highest BCUT2D eigenvalue weighted by Gasteiger charge is 2.32. The van der Waals surface area contributed by atoms with Crippen LogP contribution in [0.4, 0.5) is 22.1 Å². The van der Waals surface area contributed by atoms with Gasteiger partial charge in [0.2, 0.25) is 5.91 Å². The Labute approximate surface area is 215 Å². The molecule has 2 aliphatic heterocycles. The van der Waals surface area contributed by atoms with E-state index in [0.29, 0.717) is 55.7 Å². The Bertz CT molecular complexity index is 1260. The molecular formula is C25H30N8O4. The number of hydrogen-bond donors (Lipinski definition) is 2. The van der Waals surface area contributed by atoms with Crippen molar-refractivity contribution >= 4 is 35.5 Å². The number of urea groups is 1.